The molecule has 1 atom stereocenters. The number of rotatable bonds is 4. The van der Waals surface area contributed by atoms with Crippen molar-refractivity contribution in [3.63, 3.8) is 0 Å². The molecule has 0 spiro atoms. The third kappa shape index (κ3) is 4.01. The van der Waals surface area contributed by atoms with Gasteiger partial charge in [0.05, 0.1) is 13.2 Å². The fraction of sp³-hybridized carbons (Fsp3) is 0.500. The van der Waals surface area contributed by atoms with Gasteiger partial charge in [0, 0.05) is 56.2 Å². The van der Waals surface area contributed by atoms with Gasteiger partial charge in [0.25, 0.3) is 0 Å². The smallest absolute Gasteiger partial charge is 0.214 e. The highest BCUT2D eigenvalue weighted by Gasteiger charge is 2.21. The van der Waals surface area contributed by atoms with E-state index in [-0.39, 0.29) is 6.04 Å². The monoisotopic (exact) mass is 358 g/mol. The number of anilines is 3. The normalized spacial score (nSPS) is 20.9. The lowest BCUT2D eigenvalue weighted by molar-refractivity contribution is 0.122. The summed E-state index contributed by atoms with van der Waals surface area (Å²) in [7, 11) is 0. The van der Waals surface area contributed by atoms with Gasteiger partial charge >= 0.3 is 0 Å². The highest BCUT2D eigenvalue weighted by molar-refractivity contribution is 5.50. The minimum atomic E-state index is -0.441. The first-order valence-electron chi connectivity index (χ1n) is 9.06. The van der Waals surface area contributed by atoms with E-state index in [1.807, 2.05) is 12.1 Å². The van der Waals surface area contributed by atoms with Crippen LogP contribution in [0.25, 0.3) is 0 Å². The molecule has 0 amide bonds. The minimum absolute atomic E-state index is 0.257. The van der Waals surface area contributed by atoms with Gasteiger partial charge in [-0.3, -0.25) is 0 Å². The number of pyridine rings is 1. The topological polar surface area (TPSA) is 66.4 Å². The van der Waals surface area contributed by atoms with Crippen molar-refractivity contribution in [1.29, 1.82) is 0 Å². The average Bonchev–Trinajstić information content (AvgIpc) is 2.69. The summed E-state index contributed by atoms with van der Waals surface area (Å²) in [6.07, 6.45) is 5.22. The van der Waals surface area contributed by atoms with Crippen molar-refractivity contribution in [2.24, 2.45) is 0 Å². The highest BCUT2D eigenvalue weighted by Crippen LogP contribution is 2.23. The van der Waals surface area contributed by atoms with Crippen LogP contribution in [0.5, 0.6) is 0 Å². The Morgan fingerprint density at radius 2 is 1.96 bits per heavy atom. The van der Waals surface area contributed by atoms with Gasteiger partial charge in [-0.2, -0.15) is 4.39 Å². The van der Waals surface area contributed by atoms with Gasteiger partial charge in [-0.25, -0.2) is 15.0 Å². The molecule has 1 unspecified atom stereocenters. The van der Waals surface area contributed by atoms with Gasteiger partial charge in [0.2, 0.25) is 5.95 Å². The molecule has 0 saturated carbocycles. The molecular weight excluding hydrogens is 335 g/mol. The van der Waals surface area contributed by atoms with Crippen LogP contribution in [0.2, 0.25) is 0 Å². The number of nitrogens with one attached hydrogen (secondary N) is 1. The van der Waals surface area contributed by atoms with Crippen LogP contribution in [-0.4, -0.2) is 60.4 Å². The van der Waals surface area contributed by atoms with Gasteiger partial charge in [-0.05, 0) is 18.9 Å². The van der Waals surface area contributed by atoms with E-state index in [0.29, 0.717) is 0 Å². The number of morpholine rings is 1. The molecule has 4 rings (SSSR count). The van der Waals surface area contributed by atoms with E-state index in [1.165, 1.54) is 12.3 Å². The number of halogens is 1. The van der Waals surface area contributed by atoms with Crippen LogP contribution in [0.15, 0.2) is 30.7 Å². The van der Waals surface area contributed by atoms with Crippen LogP contribution in [0.3, 0.4) is 0 Å². The summed E-state index contributed by atoms with van der Waals surface area (Å²) >= 11 is 0. The van der Waals surface area contributed by atoms with E-state index < -0.39 is 5.95 Å². The summed E-state index contributed by atoms with van der Waals surface area (Å²) in [4.78, 5) is 16.8. The molecular formula is C18H23FN6O. The molecule has 4 heterocycles. The number of nitrogens with zero attached hydrogens (tertiary/aromatic N) is 5. The quantitative estimate of drug-likeness (QED) is 0.838. The second-order valence-electron chi connectivity index (χ2n) is 6.63. The Kier molecular flexibility index (Phi) is 5.10. The zero-order valence-corrected chi connectivity index (χ0v) is 14.6. The maximum atomic E-state index is 13.4. The minimum Gasteiger partial charge on any atom is -0.378 e. The number of aromatic nitrogens is 3. The lowest BCUT2D eigenvalue weighted by atomic mass is 10.1. The molecule has 1 N–H and O–H groups in total. The summed E-state index contributed by atoms with van der Waals surface area (Å²) in [5.74, 6) is 1.31. The molecule has 2 aliphatic heterocycles. The second-order valence-corrected chi connectivity index (χ2v) is 6.63. The van der Waals surface area contributed by atoms with Crippen LogP contribution in [0, 0.1) is 5.95 Å². The van der Waals surface area contributed by atoms with Gasteiger partial charge in [-0.15, -0.1) is 0 Å². The van der Waals surface area contributed by atoms with Crippen molar-refractivity contribution in [2.45, 2.75) is 18.9 Å². The number of hydrogen-bond donors (Lipinski definition) is 1. The SMILES string of the molecule is Fc1cc(N2CCCC(Nc3cc(N4CCOCC4)ncn3)C2)ccn1. The Morgan fingerprint density at radius 3 is 2.81 bits per heavy atom. The number of ether oxygens (including phenoxy) is 1. The van der Waals surface area contributed by atoms with Crippen LogP contribution in [0.4, 0.5) is 21.7 Å². The summed E-state index contributed by atoms with van der Waals surface area (Å²) in [6.45, 7) is 4.88. The highest BCUT2D eigenvalue weighted by atomic mass is 19.1. The van der Waals surface area contributed by atoms with Crippen molar-refractivity contribution in [1.82, 2.24) is 15.0 Å². The Labute approximate surface area is 152 Å². The summed E-state index contributed by atoms with van der Waals surface area (Å²) in [6, 6.07) is 5.60. The fourth-order valence-corrected chi connectivity index (χ4v) is 3.52. The molecule has 138 valence electrons. The standard InChI is InChI=1S/C18H23FN6O/c19-16-10-15(3-4-20-16)25-5-1-2-14(12-25)23-17-11-18(22-13-21-17)24-6-8-26-9-7-24/h3-4,10-11,13-14H,1-2,5-9,12H2,(H,21,22,23). The van der Waals surface area contributed by atoms with E-state index in [9.17, 15) is 4.39 Å². The zero-order chi connectivity index (χ0) is 17.8. The second kappa shape index (κ2) is 7.82. The molecule has 26 heavy (non-hydrogen) atoms. The molecule has 0 bridgehead atoms. The van der Waals surface area contributed by atoms with Gasteiger partial charge < -0.3 is 19.9 Å². The first kappa shape index (κ1) is 17.0. The van der Waals surface area contributed by atoms with Crippen molar-refractivity contribution in [2.75, 3.05) is 54.5 Å². The van der Waals surface area contributed by atoms with Crippen LogP contribution < -0.4 is 15.1 Å². The summed E-state index contributed by atoms with van der Waals surface area (Å²) in [5.41, 5.74) is 0.876. The molecule has 2 fully saturated rings. The fourth-order valence-electron chi connectivity index (χ4n) is 3.52. The Bertz CT molecular complexity index is 739. The average molecular weight is 358 g/mol. The van der Waals surface area contributed by atoms with Crippen molar-refractivity contribution < 1.29 is 9.13 Å². The molecule has 0 radical (unpaired) electrons. The van der Waals surface area contributed by atoms with E-state index in [4.69, 9.17) is 4.74 Å². The van der Waals surface area contributed by atoms with Crippen molar-refractivity contribution in [3.05, 3.63) is 36.7 Å². The summed E-state index contributed by atoms with van der Waals surface area (Å²) < 4.78 is 18.8. The molecule has 0 aromatic carbocycles. The molecule has 7 nitrogen and oxygen atoms in total. The Hall–Kier alpha value is -2.48. The molecule has 2 aromatic rings. The molecule has 2 aliphatic rings. The van der Waals surface area contributed by atoms with E-state index in [2.05, 4.69) is 30.1 Å². The third-order valence-corrected chi connectivity index (χ3v) is 4.84. The van der Waals surface area contributed by atoms with E-state index in [0.717, 1.165) is 69.6 Å². The Balaban J connectivity index is 1.42. The molecule has 2 saturated heterocycles. The molecule has 2 aromatic heterocycles. The van der Waals surface area contributed by atoms with Crippen molar-refractivity contribution >= 4 is 17.3 Å². The van der Waals surface area contributed by atoms with Crippen molar-refractivity contribution in [3.8, 4) is 0 Å². The van der Waals surface area contributed by atoms with Crippen LogP contribution in [-0.2, 0) is 4.74 Å². The maximum Gasteiger partial charge on any atom is 0.214 e. The third-order valence-electron chi connectivity index (χ3n) is 4.84. The molecule has 8 heteroatoms. The lowest BCUT2D eigenvalue weighted by Crippen LogP contribution is -2.42. The number of piperidine rings is 1. The Morgan fingerprint density at radius 1 is 1.08 bits per heavy atom. The van der Waals surface area contributed by atoms with Crippen LogP contribution in [0.1, 0.15) is 12.8 Å². The van der Waals surface area contributed by atoms with Gasteiger partial charge in [0.1, 0.15) is 18.0 Å². The predicted octanol–water partition coefficient (Wildman–Crippen LogP) is 1.93. The van der Waals surface area contributed by atoms with E-state index in [1.54, 1.807) is 6.33 Å². The first-order valence-corrected chi connectivity index (χ1v) is 9.06. The summed E-state index contributed by atoms with van der Waals surface area (Å²) in [5, 5.41) is 3.51. The van der Waals surface area contributed by atoms with E-state index >= 15 is 0 Å². The number of hydrogen-bond acceptors (Lipinski definition) is 7. The largest absolute Gasteiger partial charge is 0.378 e. The maximum absolute atomic E-state index is 13.4. The first-order chi connectivity index (χ1) is 12.8. The van der Waals surface area contributed by atoms with Gasteiger partial charge in [-0.1, -0.05) is 0 Å². The lowest BCUT2D eigenvalue weighted by Gasteiger charge is -2.35. The van der Waals surface area contributed by atoms with Gasteiger partial charge in [0.15, 0.2) is 0 Å². The predicted molar refractivity (Wildman–Crippen MR) is 98.1 cm³/mol. The molecule has 0 aliphatic carbocycles. The zero-order valence-electron chi connectivity index (χ0n) is 14.6. The van der Waals surface area contributed by atoms with Crippen LogP contribution >= 0.6 is 0 Å².